The van der Waals surface area contributed by atoms with Crippen molar-refractivity contribution >= 4 is 13.5 Å². The summed E-state index contributed by atoms with van der Waals surface area (Å²) in [6, 6.07) is 24.4. The van der Waals surface area contributed by atoms with Crippen molar-refractivity contribution in [2.24, 2.45) is 0 Å². The van der Waals surface area contributed by atoms with Gasteiger partial charge in [-0.3, -0.25) is 14.4 Å². The first kappa shape index (κ1) is 20.0. The Morgan fingerprint density at radius 2 is 1.21 bits per heavy atom. The van der Waals surface area contributed by atoms with Crippen LogP contribution >= 0.6 is 7.59 Å². The van der Waals surface area contributed by atoms with Crippen LogP contribution in [0.2, 0.25) is 0 Å². The van der Waals surface area contributed by atoms with Crippen molar-refractivity contribution in [2.75, 3.05) is 0 Å². The second-order valence-corrected chi connectivity index (χ2v) is 8.25. The number of amides is 1. The van der Waals surface area contributed by atoms with Crippen LogP contribution in [-0.2, 0) is 17.7 Å². The van der Waals surface area contributed by atoms with Crippen LogP contribution in [-0.4, -0.2) is 5.91 Å². The Morgan fingerprint density at radius 1 is 0.750 bits per heavy atom. The lowest BCUT2D eigenvalue weighted by Crippen LogP contribution is -2.35. The summed E-state index contributed by atoms with van der Waals surface area (Å²) < 4.78 is 27.3. The summed E-state index contributed by atoms with van der Waals surface area (Å²) in [4.78, 5) is 12.5. The third-order valence-electron chi connectivity index (χ3n) is 4.07. The van der Waals surface area contributed by atoms with Crippen LogP contribution in [0.3, 0.4) is 0 Å². The number of nitrogens with one attached hydrogen (secondary N) is 3. The summed E-state index contributed by atoms with van der Waals surface area (Å²) in [5, 5.41) is 8.23. The van der Waals surface area contributed by atoms with Crippen molar-refractivity contribution < 1.29 is 13.8 Å². The molecule has 0 fully saturated rings. The van der Waals surface area contributed by atoms with E-state index in [2.05, 4.69) is 15.3 Å². The van der Waals surface area contributed by atoms with E-state index in [9.17, 15) is 13.8 Å². The molecule has 3 rings (SSSR count). The molecule has 3 aromatic rings. The standard InChI is InChI=1S/C21H21FN3O2P/c22-20-14-8-7-13-19(20)21(26)25-28(27,23-15-17-9-3-1-4-10-17)24-16-18-11-5-2-6-12-18/h1-14H,15-16H2,(H3,23,24,25,26,27). The van der Waals surface area contributed by atoms with E-state index < -0.39 is 19.3 Å². The molecule has 3 aromatic carbocycles. The molecule has 7 heteroatoms. The maximum absolute atomic E-state index is 13.9. The largest absolute Gasteiger partial charge is 0.306 e. The van der Waals surface area contributed by atoms with Crippen LogP contribution in [0.1, 0.15) is 21.5 Å². The summed E-state index contributed by atoms with van der Waals surface area (Å²) >= 11 is 0. The molecule has 144 valence electrons. The second-order valence-electron chi connectivity index (χ2n) is 6.17. The van der Waals surface area contributed by atoms with E-state index in [1.807, 2.05) is 60.7 Å². The Morgan fingerprint density at radius 3 is 1.71 bits per heavy atom. The third-order valence-corrected chi connectivity index (χ3v) is 5.80. The molecule has 0 spiro atoms. The highest BCUT2D eigenvalue weighted by atomic mass is 31.2. The second kappa shape index (κ2) is 9.42. The zero-order valence-corrected chi connectivity index (χ0v) is 16.0. The zero-order valence-electron chi connectivity index (χ0n) is 15.1. The zero-order chi connectivity index (χ0) is 19.8. The predicted molar refractivity (Wildman–Crippen MR) is 108 cm³/mol. The fourth-order valence-electron chi connectivity index (χ4n) is 2.58. The number of carbonyl (C=O) groups is 1. The van der Waals surface area contributed by atoms with Gasteiger partial charge in [-0.05, 0) is 23.3 Å². The molecule has 0 aliphatic heterocycles. The number of hydrogen-bond donors (Lipinski definition) is 3. The van der Waals surface area contributed by atoms with Crippen molar-refractivity contribution in [3.63, 3.8) is 0 Å². The smallest absolute Gasteiger partial charge is 0.279 e. The highest BCUT2D eigenvalue weighted by Gasteiger charge is 2.25. The van der Waals surface area contributed by atoms with Crippen LogP contribution in [0.5, 0.6) is 0 Å². The highest BCUT2D eigenvalue weighted by molar-refractivity contribution is 7.58. The number of halogens is 1. The van der Waals surface area contributed by atoms with Gasteiger partial charge in [0.2, 0.25) is 0 Å². The Bertz CT molecular complexity index is 920. The van der Waals surface area contributed by atoms with Gasteiger partial charge >= 0.3 is 7.59 Å². The first-order chi connectivity index (χ1) is 13.6. The lowest BCUT2D eigenvalue weighted by molar-refractivity contribution is 0.0975. The van der Waals surface area contributed by atoms with Gasteiger partial charge in [-0.1, -0.05) is 72.8 Å². The maximum atomic E-state index is 13.9. The van der Waals surface area contributed by atoms with E-state index in [0.717, 1.165) is 11.1 Å². The number of rotatable bonds is 8. The third kappa shape index (κ3) is 5.60. The van der Waals surface area contributed by atoms with Crippen LogP contribution < -0.4 is 15.3 Å². The molecule has 0 aromatic heterocycles. The minimum absolute atomic E-state index is 0.161. The SMILES string of the molecule is O=C(NP(=O)(NCc1ccccc1)NCc1ccccc1)c1ccccc1F. The summed E-state index contributed by atoms with van der Waals surface area (Å²) in [6.45, 7) is 0.551. The lowest BCUT2D eigenvalue weighted by atomic mass is 10.2. The van der Waals surface area contributed by atoms with E-state index in [4.69, 9.17) is 0 Å². The normalized spacial score (nSPS) is 11.2. The van der Waals surface area contributed by atoms with E-state index in [1.165, 1.54) is 18.2 Å². The molecule has 0 unspecified atom stereocenters. The Labute approximate surface area is 163 Å². The van der Waals surface area contributed by atoms with Crippen LogP contribution in [0.15, 0.2) is 84.9 Å². The van der Waals surface area contributed by atoms with E-state index in [-0.39, 0.29) is 18.7 Å². The molecule has 1 amide bonds. The van der Waals surface area contributed by atoms with E-state index in [1.54, 1.807) is 6.07 Å². The van der Waals surface area contributed by atoms with Gasteiger partial charge < -0.3 is 0 Å². The quantitative estimate of drug-likeness (QED) is 0.497. The van der Waals surface area contributed by atoms with E-state index >= 15 is 0 Å². The first-order valence-corrected chi connectivity index (χ1v) is 10.5. The van der Waals surface area contributed by atoms with Gasteiger partial charge in [-0.25, -0.2) is 14.6 Å². The van der Waals surface area contributed by atoms with Crippen LogP contribution in [0.25, 0.3) is 0 Å². The number of hydrogen-bond acceptors (Lipinski definition) is 2. The van der Waals surface area contributed by atoms with Gasteiger partial charge in [0, 0.05) is 13.1 Å². The Hall–Kier alpha value is -2.79. The van der Waals surface area contributed by atoms with Crippen LogP contribution in [0.4, 0.5) is 4.39 Å². The summed E-state index contributed by atoms with van der Waals surface area (Å²) in [7, 11) is -3.56. The minimum atomic E-state index is -3.56. The first-order valence-electron chi connectivity index (χ1n) is 8.81. The fraction of sp³-hybridized carbons (Fsp3) is 0.0952. The van der Waals surface area contributed by atoms with Crippen molar-refractivity contribution in [1.29, 1.82) is 0 Å². The summed E-state index contributed by atoms with van der Waals surface area (Å²) in [5.41, 5.74) is 1.65. The molecule has 0 heterocycles. The van der Waals surface area contributed by atoms with Gasteiger partial charge in [0.05, 0.1) is 5.56 Å². The van der Waals surface area contributed by atoms with Gasteiger partial charge in [0.25, 0.3) is 5.91 Å². The molecule has 5 nitrogen and oxygen atoms in total. The molecule has 0 radical (unpaired) electrons. The number of carbonyl (C=O) groups excluding carboxylic acids is 1. The van der Waals surface area contributed by atoms with Crippen molar-refractivity contribution in [3.8, 4) is 0 Å². The fourth-order valence-corrected chi connectivity index (χ4v) is 4.07. The molecule has 3 N–H and O–H groups in total. The topological polar surface area (TPSA) is 70.2 Å². The van der Waals surface area contributed by atoms with Gasteiger partial charge in [0.15, 0.2) is 0 Å². The summed E-state index contributed by atoms with van der Waals surface area (Å²) in [5.74, 6) is -1.42. The van der Waals surface area contributed by atoms with Gasteiger partial charge in [-0.2, -0.15) is 0 Å². The predicted octanol–water partition coefficient (Wildman–Crippen LogP) is 4.24. The monoisotopic (exact) mass is 397 g/mol. The molecule has 0 aliphatic carbocycles. The molecule has 0 bridgehead atoms. The average Bonchev–Trinajstić information content (AvgIpc) is 2.73. The molecule has 0 atom stereocenters. The van der Waals surface area contributed by atoms with Crippen LogP contribution in [0, 0.1) is 5.82 Å². The molecule has 0 aliphatic rings. The van der Waals surface area contributed by atoms with Crippen molar-refractivity contribution in [3.05, 3.63) is 107 Å². The lowest BCUT2D eigenvalue weighted by Gasteiger charge is -2.22. The molecular weight excluding hydrogens is 376 g/mol. The minimum Gasteiger partial charge on any atom is -0.279 e. The molecule has 0 saturated heterocycles. The maximum Gasteiger partial charge on any atom is 0.306 e. The van der Waals surface area contributed by atoms with Crippen molar-refractivity contribution in [1.82, 2.24) is 15.3 Å². The van der Waals surface area contributed by atoms with Gasteiger partial charge in [-0.15, -0.1) is 0 Å². The average molecular weight is 397 g/mol. The van der Waals surface area contributed by atoms with E-state index in [0.29, 0.717) is 0 Å². The molecule has 28 heavy (non-hydrogen) atoms. The molecular formula is C21H21FN3O2P. The van der Waals surface area contributed by atoms with Gasteiger partial charge in [0.1, 0.15) is 5.82 Å². The summed E-state index contributed by atoms with van der Waals surface area (Å²) in [6.07, 6.45) is 0. The molecule has 0 saturated carbocycles. The Balaban J connectivity index is 1.75. The Kier molecular flexibility index (Phi) is 6.71. The number of benzene rings is 3. The van der Waals surface area contributed by atoms with Crippen molar-refractivity contribution in [2.45, 2.75) is 13.1 Å². The highest BCUT2D eigenvalue weighted by Crippen LogP contribution is 2.32.